The van der Waals surface area contributed by atoms with Gasteiger partial charge in [-0.05, 0) is 60.0 Å². The van der Waals surface area contributed by atoms with Gasteiger partial charge in [-0.15, -0.1) is 11.3 Å². The molecule has 2 heterocycles. The monoisotopic (exact) mass is 388 g/mol. The quantitative estimate of drug-likeness (QED) is 0.421. The van der Waals surface area contributed by atoms with Gasteiger partial charge in [0.05, 0.1) is 27.3 Å². The van der Waals surface area contributed by atoms with Crippen LogP contribution in [0.2, 0.25) is 0 Å². The molecule has 2 aromatic heterocycles. The van der Waals surface area contributed by atoms with Crippen molar-refractivity contribution in [1.82, 2.24) is 9.97 Å². The summed E-state index contributed by atoms with van der Waals surface area (Å²) >= 11 is 1.57. The Bertz CT molecular complexity index is 1190. The van der Waals surface area contributed by atoms with Crippen LogP contribution in [-0.2, 0) is 0 Å². The van der Waals surface area contributed by atoms with E-state index in [0.29, 0.717) is 5.56 Å². The van der Waals surface area contributed by atoms with Gasteiger partial charge in [0.15, 0.2) is 0 Å². The molecular weight excluding hydrogens is 371 g/mol. The summed E-state index contributed by atoms with van der Waals surface area (Å²) in [6.45, 7) is 1.73. The third-order valence-corrected chi connectivity index (χ3v) is 5.52. The van der Waals surface area contributed by atoms with Crippen LogP contribution < -0.4 is 0 Å². The number of halogens is 1. The lowest BCUT2D eigenvalue weighted by atomic mass is 9.94. The van der Waals surface area contributed by atoms with E-state index >= 15 is 0 Å². The zero-order chi connectivity index (χ0) is 19.7. The smallest absolute Gasteiger partial charge is 0.126 e. The van der Waals surface area contributed by atoms with Gasteiger partial charge in [0.25, 0.3) is 0 Å². The van der Waals surface area contributed by atoms with E-state index < -0.39 is 5.92 Å². The summed E-state index contributed by atoms with van der Waals surface area (Å²) in [4.78, 5) is 8.97. The van der Waals surface area contributed by atoms with E-state index in [2.05, 4.69) is 16.0 Å². The van der Waals surface area contributed by atoms with Crippen LogP contribution in [0, 0.1) is 23.6 Å². The summed E-state index contributed by atoms with van der Waals surface area (Å²) in [6, 6.07) is 13.0. The number of benzene rings is 2. The number of hydrogen-bond donors (Lipinski definition) is 2. The lowest BCUT2D eigenvalue weighted by molar-refractivity contribution is 0.619. The van der Waals surface area contributed by atoms with Gasteiger partial charge in [-0.25, -0.2) is 9.37 Å². The fraction of sp³-hybridized carbons (Fsp3) is 0.0909. The van der Waals surface area contributed by atoms with Crippen molar-refractivity contribution in [3.05, 3.63) is 71.1 Å². The largest absolute Gasteiger partial charge is 0.312 e. The third-order valence-electron chi connectivity index (χ3n) is 4.73. The summed E-state index contributed by atoms with van der Waals surface area (Å²) in [6.07, 6.45) is 4.13. The summed E-state index contributed by atoms with van der Waals surface area (Å²) < 4.78 is 14.8. The number of nitrogens with one attached hydrogen (secondary N) is 2. The molecule has 28 heavy (non-hydrogen) atoms. The van der Waals surface area contributed by atoms with Gasteiger partial charge in [0, 0.05) is 29.8 Å². The van der Waals surface area contributed by atoms with E-state index in [4.69, 9.17) is 10.8 Å². The second-order valence-electron chi connectivity index (χ2n) is 6.52. The van der Waals surface area contributed by atoms with Crippen LogP contribution in [0.3, 0.4) is 0 Å². The first-order chi connectivity index (χ1) is 13.6. The van der Waals surface area contributed by atoms with Crippen molar-refractivity contribution in [2.24, 2.45) is 0 Å². The van der Waals surface area contributed by atoms with Gasteiger partial charge < -0.3 is 10.8 Å². The number of thiazole rings is 1. The molecule has 0 unspecified atom stereocenters. The van der Waals surface area contributed by atoms with Crippen molar-refractivity contribution < 1.29 is 4.39 Å². The van der Waals surface area contributed by atoms with Gasteiger partial charge >= 0.3 is 0 Å². The highest BCUT2D eigenvalue weighted by molar-refractivity contribution is 7.16. The van der Waals surface area contributed by atoms with E-state index in [9.17, 15) is 4.39 Å². The van der Waals surface area contributed by atoms with Crippen LogP contribution in [0.4, 0.5) is 4.39 Å². The Balaban J connectivity index is 1.95. The number of fused-ring (bicyclic) bond motifs is 1. The molecule has 0 saturated carbocycles. The molecule has 0 bridgehead atoms. The lowest BCUT2D eigenvalue weighted by Crippen LogP contribution is -2.03. The molecule has 4 aromatic rings. The maximum absolute atomic E-state index is 13.8. The molecule has 0 radical (unpaired) electrons. The Morgan fingerprint density at radius 1 is 1.00 bits per heavy atom. The van der Waals surface area contributed by atoms with Crippen LogP contribution in [0.25, 0.3) is 32.6 Å². The number of hydrogen-bond acceptors (Lipinski definition) is 5. The second kappa shape index (κ2) is 7.40. The number of aryl methyl sites for hydroxylation is 1. The van der Waals surface area contributed by atoms with Gasteiger partial charge in [-0.1, -0.05) is 6.07 Å². The number of nitrogens with zero attached hydrogens (tertiary/aromatic N) is 2. The SMILES string of the molecule is Cc1cc(-c2ncc(C(C=N)C=N)cc2-c2ccc3ncsc3c2)ccc1F. The summed E-state index contributed by atoms with van der Waals surface area (Å²) in [5.74, 6) is -0.678. The first kappa shape index (κ1) is 18.1. The van der Waals surface area contributed by atoms with Gasteiger partial charge in [-0.2, -0.15) is 0 Å². The molecule has 0 aliphatic carbocycles. The molecular formula is C22H17FN4S. The van der Waals surface area contributed by atoms with Crippen LogP contribution >= 0.6 is 11.3 Å². The standard InChI is InChI=1S/C22H17FN4S/c1-13-6-15(2-4-19(13)23)22-18(7-16(11-26-22)17(9-24)10-25)14-3-5-20-21(8-14)28-12-27-20/h2-12,17,24-25H,1H3. The van der Waals surface area contributed by atoms with Gasteiger partial charge in [0.2, 0.25) is 0 Å². The summed E-state index contributed by atoms with van der Waals surface area (Å²) in [5.41, 5.74) is 7.50. The zero-order valence-electron chi connectivity index (χ0n) is 15.1. The normalized spacial score (nSPS) is 12.1. The topological polar surface area (TPSA) is 73.5 Å². The highest BCUT2D eigenvalue weighted by atomic mass is 32.1. The minimum Gasteiger partial charge on any atom is -0.312 e. The van der Waals surface area contributed by atoms with E-state index in [1.807, 2.05) is 23.7 Å². The molecule has 2 aromatic carbocycles. The summed E-state index contributed by atoms with van der Waals surface area (Å²) in [7, 11) is 0. The molecule has 0 aliphatic rings. The lowest BCUT2D eigenvalue weighted by Gasteiger charge is -2.14. The third kappa shape index (κ3) is 3.23. The van der Waals surface area contributed by atoms with E-state index in [0.717, 1.165) is 38.2 Å². The molecule has 0 atom stereocenters. The molecule has 4 nitrogen and oxygen atoms in total. The molecule has 0 fully saturated rings. The maximum atomic E-state index is 13.8. The van der Waals surface area contributed by atoms with E-state index in [1.54, 1.807) is 36.6 Å². The van der Waals surface area contributed by atoms with Crippen LogP contribution in [-0.4, -0.2) is 22.4 Å². The maximum Gasteiger partial charge on any atom is 0.126 e. The molecule has 2 N–H and O–H groups in total. The number of aromatic nitrogens is 2. The predicted octanol–water partition coefficient (Wildman–Crippen LogP) is 5.86. The first-order valence-electron chi connectivity index (χ1n) is 8.72. The molecule has 6 heteroatoms. The molecule has 0 saturated heterocycles. The highest BCUT2D eigenvalue weighted by Gasteiger charge is 2.15. The zero-order valence-corrected chi connectivity index (χ0v) is 15.9. The van der Waals surface area contributed by atoms with Crippen molar-refractivity contribution >= 4 is 34.0 Å². The Hall–Kier alpha value is -3.25. The highest BCUT2D eigenvalue weighted by Crippen LogP contribution is 2.35. The van der Waals surface area contributed by atoms with E-state index in [-0.39, 0.29) is 5.82 Å². The van der Waals surface area contributed by atoms with Crippen LogP contribution in [0.5, 0.6) is 0 Å². The molecule has 138 valence electrons. The van der Waals surface area contributed by atoms with Crippen LogP contribution in [0.15, 0.2) is 54.2 Å². The van der Waals surface area contributed by atoms with Crippen molar-refractivity contribution in [3.63, 3.8) is 0 Å². The fourth-order valence-electron chi connectivity index (χ4n) is 3.17. The molecule has 0 amide bonds. The van der Waals surface area contributed by atoms with Crippen molar-refractivity contribution in [1.29, 1.82) is 10.8 Å². The van der Waals surface area contributed by atoms with Crippen LogP contribution in [0.1, 0.15) is 17.0 Å². The average molecular weight is 388 g/mol. The van der Waals surface area contributed by atoms with Gasteiger partial charge in [-0.3, -0.25) is 4.98 Å². The minimum absolute atomic E-state index is 0.249. The Morgan fingerprint density at radius 3 is 2.54 bits per heavy atom. The Kier molecular flexibility index (Phi) is 4.79. The molecule has 4 rings (SSSR count). The predicted molar refractivity (Wildman–Crippen MR) is 113 cm³/mol. The number of rotatable bonds is 5. The fourth-order valence-corrected chi connectivity index (χ4v) is 3.88. The first-order valence-corrected chi connectivity index (χ1v) is 9.60. The van der Waals surface area contributed by atoms with E-state index in [1.165, 1.54) is 18.5 Å². The Labute approximate surface area is 165 Å². The minimum atomic E-state index is -0.428. The molecule has 0 aliphatic heterocycles. The van der Waals surface area contributed by atoms with Crippen molar-refractivity contribution in [2.75, 3.05) is 0 Å². The number of pyridine rings is 1. The Morgan fingerprint density at radius 2 is 1.79 bits per heavy atom. The summed E-state index contributed by atoms with van der Waals surface area (Å²) in [5, 5.41) is 15.2. The second-order valence-corrected chi connectivity index (χ2v) is 7.41. The van der Waals surface area contributed by atoms with Crippen molar-refractivity contribution in [2.45, 2.75) is 12.8 Å². The van der Waals surface area contributed by atoms with Crippen molar-refractivity contribution in [3.8, 4) is 22.4 Å². The molecule has 0 spiro atoms. The average Bonchev–Trinajstić information content (AvgIpc) is 3.19. The van der Waals surface area contributed by atoms with Gasteiger partial charge in [0.1, 0.15) is 5.82 Å².